The highest BCUT2D eigenvalue weighted by atomic mass is 35.5. The van der Waals surface area contributed by atoms with Crippen molar-refractivity contribution >= 4 is 23.3 Å². The van der Waals surface area contributed by atoms with Crippen molar-refractivity contribution in [3.05, 3.63) is 71.1 Å². The minimum absolute atomic E-state index is 0.0590. The molecule has 6 heteroatoms. The fourth-order valence-corrected chi connectivity index (χ4v) is 3.11. The first-order valence-electron chi connectivity index (χ1n) is 7.54. The van der Waals surface area contributed by atoms with Crippen molar-refractivity contribution in [3.8, 4) is 11.4 Å². The first kappa shape index (κ1) is 14.8. The second-order valence-corrected chi connectivity index (χ2v) is 6.16. The summed E-state index contributed by atoms with van der Waals surface area (Å²) < 4.78 is 1.84. The summed E-state index contributed by atoms with van der Waals surface area (Å²) in [7, 11) is 0. The van der Waals surface area contributed by atoms with Gasteiger partial charge in [-0.05, 0) is 42.0 Å². The van der Waals surface area contributed by atoms with Gasteiger partial charge in [-0.25, -0.2) is 4.98 Å². The maximum absolute atomic E-state index is 12.2. The number of imidazole rings is 1. The average Bonchev–Trinajstić information content (AvgIpc) is 2.99. The number of halogens is 1. The highest BCUT2D eigenvalue weighted by Gasteiger charge is 2.30. The molecule has 1 aliphatic rings. The zero-order valence-electron chi connectivity index (χ0n) is 12.6. The molecule has 0 aliphatic carbocycles. The van der Waals surface area contributed by atoms with Crippen LogP contribution in [0.4, 0.5) is 5.82 Å². The van der Waals surface area contributed by atoms with Crippen molar-refractivity contribution in [2.45, 2.75) is 12.3 Å². The smallest absolute Gasteiger partial charge is 0.226 e. The van der Waals surface area contributed by atoms with Gasteiger partial charge in [-0.15, -0.1) is 0 Å². The Bertz CT molecular complexity index is 901. The van der Waals surface area contributed by atoms with Gasteiger partial charge in [0, 0.05) is 23.0 Å². The molecule has 2 heterocycles. The van der Waals surface area contributed by atoms with E-state index in [2.05, 4.69) is 10.3 Å². The number of nitrogens with zero attached hydrogens (tertiary/aromatic N) is 2. The van der Waals surface area contributed by atoms with Gasteiger partial charge in [0.1, 0.15) is 17.9 Å². The second-order valence-electron chi connectivity index (χ2n) is 5.72. The number of phenolic OH excluding ortho intramolecular Hbond substituents is 1. The van der Waals surface area contributed by atoms with E-state index in [0.717, 1.165) is 16.9 Å². The van der Waals surface area contributed by atoms with Gasteiger partial charge >= 0.3 is 0 Å². The molecular weight excluding hydrogens is 326 g/mol. The Morgan fingerprint density at radius 2 is 1.83 bits per heavy atom. The topological polar surface area (TPSA) is 67.1 Å². The predicted molar refractivity (Wildman–Crippen MR) is 91.8 cm³/mol. The van der Waals surface area contributed by atoms with E-state index in [1.807, 2.05) is 28.8 Å². The number of carbonyl (C=O) groups is 1. The van der Waals surface area contributed by atoms with Crippen molar-refractivity contribution in [1.29, 1.82) is 0 Å². The predicted octanol–water partition coefficient (Wildman–Crippen LogP) is 3.71. The lowest BCUT2D eigenvalue weighted by Gasteiger charge is -2.23. The van der Waals surface area contributed by atoms with Crippen LogP contribution in [0.25, 0.3) is 5.69 Å². The number of amides is 1. The molecule has 0 saturated carbocycles. The molecule has 1 atom stereocenters. The summed E-state index contributed by atoms with van der Waals surface area (Å²) in [5.41, 5.74) is 2.64. The number of rotatable bonds is 2. The van der Waals surface area contributed by atoms with E-state index in [1.54, 1.807) is 30.6 Å². The number of benzene rings is 2. The summed E-state index contributed by atoms with van der Waals surface area (Å²) in [5.74, 6) is 0.678. The molecule has 1 aromatic heterocycles. The summed E-state index contributed by atoms with van der Waals surface area (Å²) >= 11 is 5.94. The van der Waals surface area contributed by atoms with Crippen LogP contribution in [0.5, 0.6) is 5.75 Å². The number of carbonyl (C=O) groups excluding carboxylic acids is 1. The van der Waals surface area contributed by atoms with Gasteiger partial charge in [0.15, 0.2) is 0 Å². The molecule has 1 aliphatic heterocycles. The van der Waals surface area contributed by atoms with Gasteiger partial charge in [0.2, 0.25) is 5.91 Å². The van der Waals surface area contributed by atoms with Crippen LogP contribution < -0.4 is 5.32 Å². The van der Waals surface area contributed by atoms with Gasteiger partial charge in [0.05, 0.1) is 5.69 Å². The van der Waals surface area contributed by atoms with Crippen molar-refractivity contribution < 1.29 is 9.90 Å². The van der Waals surface area contributed by atoms with Crippen LogP contribution in [0, 0.1) is 0 Å². The van der Waals surface area contributed by atoms with Gasteiger partial charge in [-0.2, -0.15) is 0 Å². The SMILES string of the molecule is O=C1C[C@H](c2ccc(O)cc2)c2ncn(-c3ccc(Cl)cc3)c2N1. The van der Waals surface area contributed by atoms with E-state index in [9.17, 15) is 9.90 Å². The maximum Gasteiger partial charge on any atom is 0.226 e. The number of nitrogens with one attached hydrogen (secondary N) is 1. The lowest BCUT2D eigenvalue weighted by atomic mass is 9.90. The van der Waals surface area contributed by atoms with E-state index in [-0.39, 0.29) is 17.6 Å². The number of aromatic nitrogens is 2. The van der Waals surface area contributed by atoms with Gasteiger partial charge in [0.25, 0.3) is 0 Å². The van der Waals surface area contributed by atoms with E-state index >= 15 is 0 Å². The van der Waals surface area contributed by atoms with E-state index < -0.39 is 0 Å². The van der Waals surface area contributed by atoms with Gasteiger partial charge in [-0.1, -0.05) is 23.7 Å². The Labute approximate surface area is 143 Å². The first-order chi connectivity index (χ1) is 11.6. The summed E-state index contributed by atoms with van der Waals surface area (Å²) in [6, 6.07) is 14.2. The number of hydrogen-bond donors (Lipinski definition) is 2. The molecule has 0 bridgehead atoms. The lowest BCUT2D eigenvalue weighted by Crippen LogP contribution is -2.24. The van der Waals surface area contributed by atoms with Crippen LogP contribution in [-0.2, 0) is 4.79 Å². The molecule has 4 rings (SSSR count). The second kappa shape index (κ2) is 5.69. The van der Waals surface area contributed by atoms with Crippen molar-refractivity contribution in [2.24, 2.45) is 0 Å². The third kappa shape index (κ3) is 2.53. The molecule has 2 aromatic carbocycles. The number of hydrogen-bond acceptors (Lipinski definition) is 3. The van der Waals surface area contributed by atoms with E-state index in [4.69, 9.17) is 11.6 Å². The Morgan fingerprint density at radius 1 is 1.12 bits per heavy atom. The third-order valence-electron chi connectivity index (χ3n) is 4.17. The minimum atomic E-state index is -0.136. The van der Waals surface area contributed by atoms with E-state index in [1.165, 1.54) is 0 Å². The number of aromatic hydroxyl groups is 1. The minimum Gasteiger partial charge on any atom is -0.508 e. The molecule has 3 aromatic rings. The van der Waals surface area contributed by atoms with Crippen LogP contribution in [0.3, 0.4) is 0 Å². The fraction of sp³-hybridized carbons (Fsp3) is 0.111. The van der Waals surface area contributed by atoms with Crippen molar-refractivity contribution in [1.82, 2.24) is 9.55 Å². The molecule has 1 amide bonds. The molecule has 2 N–H and O–H groups in total. The largest absolute Gasteiger partial charge is 0.508 e. The molecule has 0 radical (unpaired) electrons. The van der Waals surface area contributed by atoms with Crippen molar-refractivity contribution in [2.75, 3.05) is 5.32 Å². The Kier molecular flexibility index (Phi) is 3.50. The Morgan fingerprint density at radius 3 is 2.54 bits per heavy atom. The summed E-state index contributed by atoms with van der Waals surface area (Å²) in [6.45, 7) is 0. The molecule has 0 saturated heterocycles. The van der Waals surface area contributed by atoms with Crippen LogP contribution in [0.2, 0.25) is 5.02 Å². The van der Waals surface area contributed by atoms with Crippen LogP contribution in [0.15, 0.2) is 54.9 Å². The van der Waals surface area contributed by atoms with Crippen LogP contribution >= 0.6 is 11.6 Å². The van der Waals surface area contributed by atoms with Crippen molar-refractivity contribution in [3.63, 3.8) is 0 Å². The standard InChI is InChI=1S/C18H14ClN3O2/c19-12-3-5-13(6-4-12)22-10-20-17-15(9-16(24)21-18(17)22)11-1-7-14(23)8-2-11/h1-8,10,15,23H,9H2,(H,21,24)/t15-/m1/s1. The average molecular weight is 340 g/mol. The first-order valence-corrected chi connectivity index (χ1v) is 7.91. The van der Waals surface area contributed by atoms with Gasteiger partial charge < -0.3 is 10.4 Å². The zero-order valence-corrected chi connectivity index (χ0v) is 13.4. The normalized spacial score (nSPS) is 16.5. The summed E-state index contributed by atoms with van der Waals surface area (Å²) in [6.07, 6.45) is 2.03. The summed E-state index contributed by atoms with van der Waals surface area (Å²) in [4.78, 5) is 16.7. The van der Waals surface area contributed by atoms with Crippen LogP contribution in [0.1, 0.15) is 23.6 Å². The van der Waals surface area contributed by atoms with E-state index in [0.29, 0.717) is 17.3 Å². The number of fused-ring (bicyclic) bond motifs is 1. The van der Waals surface area contributed by atoms with Gasteiger partial charge in [-0.3, -0.25) is 9.36 Å². The molecule has 0 unspecified atom stereocenters. The fourth-order valence-electron chi connectivity index (χ4n) is 2.99. The van der Waals surface area contributed by atoms with Crippen LogP contribution in [-0.4, -0.2) is 20.6 Å². The molecular formula is C18H14ClN3O2. The molecule has 0 spiro atoms. The Hall–Kier alpha value is -2.79. The maximum atomic E-state index is 12.2. The summed E-state index contributed by atoms with van der Waals surface area (Å²) in [5, 5.41) is 13.0. The highest BCUT2D eigenvalue weighted by Crippen LogP contribution is 2.37. The lowest BCUT2D eigenvalue weighted by molar-refractivity contribution is -0.116. The number of phenols is 1. The number of anilines is 1. The molecule has 120 valence electrons. The molecule has 5 nitrogen and oxygen atoms in total. The Balaban J connectivity index is 1.80. The third-order valence-corrected chi connectivity index (χ3v) is 4.43. The molecule has 24 heavy (non-hydrogen) atoms. The highest BCUT2D eigenvalue weighted by molar-refractivity contribution is 6.30. The molecule has 0 fully saturated rings. The zero-order chi connectivity index (χ0) is 16.7. The monoisotopic (exact) mass is 339 g/mol. The quantitative estimate of drug-likeness (QED) is 0.748.